The summed E-state index contributed by atoms with van der Waals surface area (Å²) in [6, 6.07) is 5.27. The summed E-state index contributed by atoms with van der Waals surface area (Å²) in [6.45, 7) is 2.64. The highest BCUT2D eigenvalue weighted by Gasteiger charge is 2.19. The van der Waals surface area contributed by atoms with Crippen molar-refractivity contribution in [1.29, 1.82) is 0 Å². The Morgan fingerprint density at radius 1 is 1.44 bits per heavy atom. The summed E-state index contributed by atoms with van der Waals surface area (Å²) >= 11 is 0. The molecule has 0 saturated heterocycles. The van der Waals surface area contributed by atoms with Gasteiger partial charge in [-0.05, 0) is 31.2 Å². The third kappa shape index (κ3) is 2.02. The van der Waals surface area contributed by atoms with Crippen LogP contribution in [-0.4, -0.2) is 19.1 Å². The van der Waals surface area contributed by atoms with Gasteiger partial charge in [-0.3, -0.25) is 4.79 Å². The molecule has 16 heavy (non-hydrogen) atoms. The van der Waals surface area contributed by atoms with Gasteiger partial charge in [0, 0.05) is 11.5 Å². The van der Waals surface area contributed by atoms with Crippen molar-refractivity contribution in [2.75, 3.05) is 13.3 Å². The molecule has 1 unspecified atom stereocenters. The molecule has 4 heteroatoms. The summed E-state index contributed by atoms with van der Waals surface area (Å²) in [7, 11) is 0. The third-order valence-corrected chi connectivity index (χ3v) is 2.70. The van der Waals surface area contributed by atoms with Gasteiger partial charge >= 0.3 is 0 Å². The van der Waals surface area contributed by atoms with Gasteiger partial charge in [0.2, 0.25) is 6.79 Å². The molecule has 1 heterocycles. The molecule has 0 amide bonds. The molecule has 2 N–H and O–H groups in total. The van der Waals surface area contributed by atoms with Crippen molar-refractivity contribution in [3.8, 4) is 11.5 Å². The van der Waals surface area contributed by atoms with Crippen molar-refractivity contribution in [3.63, 3.8) is 0 Å². The van der Waals surface area contributed by atoms with E-state index >= 15 is 0 Å². The highest BCUT2D eigenvalue weighted by Crippen LogP contribution is 2.33. The number of carbonyl (C=O) groups is 1. The minimum absolute atomic E-state index is 0.0506. The van der Waals surface area contributed by atoms with Crippen molar-refractivity contribution in [2.24, 2.45) is 11.7 Å². The first-order chi connectivity index (χ1) is 7.72. The SMILES string of the molecule is CC(CCN)C(=O)c1ccc2c(c1)OCO2. The molecule has 0 radical (unpaired) electrons. The quantitative estimate of drug-likeness (QED) is 0.784. The number of Topliss-reactive ketones (excluding diaryl/α,β-unsaturated/α-hetero) is 1. The van der Waals surface area contributed by atoms with E-state index in [1.165, 1.54) is 0 Å². The fraction of sp³-hybridized carbons (Fsp3) is 0.417. The Kier molecular flexibility index (Phi) is 3.10. The molecule has 86 valence electrons. The van der Waals surface area contributed by atoms with Gasteiger partial charge in [-0.1, -0.05) is 6.92 Å². The minimum atomic E-state index is -0.0506. The number of ether oxygens (including phenoxy) is 2. The molecule has 1 aliphatic heterocycles. The topological polar surface area (TPSA) is 61.6 Å². The predicted octanol–water partition coefficient (Wildman–Crippen LogP) is 1.58. The van der Waals surface area contributed by atoms with E-state index < -0.39 is 0 Å². The molecule has 1 aromatic carbocycles. The molecule has 0 fully saturated rings. The van der Waals surface area contributed by atoms with Crippen LogP contribution >= 0.6 is 0 Å². The van der Waals surface area contributed by atoms with Gasteiger partial charge in [-0.25, -0.2) is 0 Å². The van der Waals surface area contributed by atoms with Gasteiger partial charge < -0.3 is 15.2 Å². The number of hydrogen-bond acceptors (Lipinski definition) is 4. The summed E-state index contributed by atoms with van der Waals surface area (Å²) in [5, 5.41) is 0. The molecular weight excluding hydrogens is 206 g/mol. The van der Waals surface area contributed by atoms with Crippen molar-refractivity contribution < 1.29 is 14.3 Å². The normalized spacial score (nSPS) is 14.9. The van der Waals surface area contributed by atoms with Crippen LogP contribution in [0.4, 0.5) is 0 Å². The van der Waals surface area contributed by atoms with E-state index in [2.05, 4.69) is 0 Å². The Morgan fingerprint density at radius 2 is 2.19 bits per heavy atom. The molecule has 0 aromatic heterocycles. The fourth-order valence-corrected chi connectivity index (χ4v) is 1.72. The number of benzene rings is 1. The summed E-state index contributed by atoms with van der Waals surface area (Å²) in [5.41, 5.74) is 6.10. The van der Waals surface area contributed by atoms with Gasteiger partial charge in [0.1, 0.15) is 0 Å². The van der Waals surface area contributed by atoms with Crippen LogP contribution < -0.4 is 15.2 Å². The number of nitrogens with two attached hydrogens (primary N) is 1. The van der Waals surface area contributed by atoms with E-state index in [9.17, 15) is 4.79 Å². The maximum Gasteiger partial charge on any atom is 0.231 e. The highest BCUT2D eigenvalue weighted by molar-refractivity contribution is 5.98. The molecule has 0 aliphatic carbocycles. The van der Waals surface area contributed by atoms with Crippen LogP contribution in [0.5, 0.6) is 11.5 Å². The maximum absolute atomic E-state index is 12.0. The molecule has 1 aromatic rings. The number of fused-ring (bicyclic) bond motifs is 1. The zero-order chi connectivity index (χ0) is 11.5. The van der Waals surface area contributed by atoms with E-state index in [4.69, 9.17) is 15.2 Å². The maximum atomic E-state index is 12.0. The largest absolute Gasteiger partial charge is 0.454 e. The third-order valence-electron chi connectivity index (χ3n) is 2.70. The average molecular weight is 221 g/mol. The van der Waals surface area contributed by atoms with E-state index in [1.807, 2.05) is 6.92 Å². The molecule has 4 nitrogen and oxygen atoms in total. The Labute approximate surface area is 94.3 Å². The summed E-state index contributed by atoms with van der Waals surface area (Å²) in [4.78, 5) is 12.0. The lowest BCUT2D eigenvalue weighted by Crippen LogP contribution is -2.15. The van der Waals surface area contributed by atoms with Crippen LogP contribution in [0.15, 0.2) is 18.2 Å². The van der Waals surface area contributed by atoms with Crippen LogP contribution in [-0.2, 0) is 0 Å². The first kappa shape index (κ1) is 11.0. The minimum Gasteiger partial charge on any atom is -0.454 e. The molecule has 0 spiro atoms. The molecular formula is C12H15NO3. The average Bonchev–Trinajstić information content (AvgIpc) is 2.75. The molecule has 0 bridgehead atoms. The lowest BCUT2D eigenvalue weighted by Gasteiger charge is -2.09. The van der Waals surface area contributed by atoms with Crippen LogP contribution in [0.25, 0.3) is 0 Å². The molecule has 0 saturated carbocycles. The lowest BCUT2D eigenvalue weighted by molar-refractivity contribution is 0.0925. The second-order valence-corrected chi connectivity index (χ2v) is 3.91. The zero-order valence-corrected chi connectivity index (χ0v) is 9.23. The van der Waals surface area contributed by atoms with Gasteiger partial charge in [0.25, 0.3) is 0 Å². The van der Waals surface area contributed by atoms with Crippen molar-refractivity contribution >= 4 is 5.78 Å². The van der Waals surface area contributed by atoms with Crippen molar-refractivity contribution in [3.05, 3.63) is 23.8 Å². The predicted molar refractivity (Wildman–Crippen MR) is 59.7 cm³/mol. The van der Waals surface area contributed by atoms with E-state index in [-0.39, 0.29) is 18.5 Å². The zero-order valence-electron chi connectivity index (χ0n) is 9.23. The van der Waals surface area contributed by atoms with E-state index in [0.717, 1.165) is 0 Å². The second-order valence-electron chi connectivity index (χ2n) is 3.91. The van der Waals surface area contributed by atoms with Crippen LogP contribution in [0.1, 0.15) is 23.7 Å². The summed E-state index contributed by atoms with van der Waals surface area (Å²) in [5.74, 6) is 1.39. The Bertz CT molecular complexity index is 403. The highest BCUT2D eigenvalue weighted by atomic mass is 16.7. The lowest BCUT2D eigenvalue weighted by atomic mass is 9.96. The Hall–Kier alpha value is -1.55. The van der Waals surface area contributed by atoms with Crippen molar-refractivity contribution in [1.82, 2.24) is 0 Å². The standard InChI is InChI=1S/C12H15NO3/c1-8(4-5-13)12(14)9-2-3-10-11(6-9)16-7-15-10/h2-3,6,8H,4-5,7,13H2,1H3. The van der Waals surface area contributed by atoms with Gasteiger partial charge in [-0.2, -0.15) is 0 Å². The first-order valence-corrected chi connectivity index (χ1v) is 5.36. The Balaban J connectivity index is 2.18. The van der Waals surface area contributed by atoms with Crippen LogP contribution in [0.2, 0.25) is 0 Å². The first-order valence-electron chi connectivity index (χ1n) is 5.36. The van der Waals surface area contributed by atoms with Gasteiger partial charge in [-0.15, -0.1) is 0 Å². The number of carbonyl (C=O) groups excluding carboxylic acids is 1. The van der Waals surface area contributed by atoms with Crippen molar-refractivity contribution in [2.45, 2.75) is 13.3 Å². The fourth-order valence-electron chi connectivity index (χ4n) is 1.72. The second kappa shape index (κ2) is 4.53. The van der Waals surface area contributed by atoms with Crippen LogP contribution in [0.3, 0.4) is 0 Å². The van der Waals surface area contributed by atoms with E-state index in [0.29, 0.717) is 30.0 Å². The summed E-state index contributed by atoms with van der Waals surface area (Å²) in [6.07, 6.45) is 0.702. The number of ketones is 1. The van der Waals surface area contributed by atoms with Gasteiger partial charge in [0.15, 0.2) is 17.3 Å². The monoisotopic (exact) mass is 221 g/mol. The summed E-state index contributed by atoms with van der Waals surface area (Å²) < 4.78 is 10.4. The molecule has 1 aliphatic rings. The Morgan fingerprint density at radius 3 is 2.94 bits per heavy atom. The smallest absolute Gasteiger partial charge is 0.231 e. The number of hydrogen-bond donors (Lipinski definition) is 1. The van der Waals surface area contributed by atoms with Gasteiger partial charge in [0.05, 0.1) is 0 Å². The van der Waals surface area contributed by atoms with E-state index in [1.54, 1.807) is 18.2 Å². The molecule has 1 atom stereocenters. The number of rotatable bonds is 4. The molecule has 2 rings (SSSR count). The van der Waals surface area contributed by atoms with Crippen LogP contribution in [0, 0.1) is 5.92 Å².